The van der Waals surface area contributed by atoms with Gasteiger partial charge in [-0.15, -0.1) is 6.58 Å². The molecule has 1 amide bonds. The van der Waals surface area contributed by atoms with Crippen molar-refractivity contribution >= 4 is 22.9 Å². The maximum Gasteiger partial charge on any atom is 0.417 e. The Labute approximate surface area is 181 Å². The van der Waals surface area contributed by atoms with Crippen LogP contribution >= 0.6 is 0 Å². The van der Waals surface area contributed by atoms with Crippen LogP contribution in [0, 0.1) is 0 Å². The number of pyridine rings is 1. The number of halogens is 3. The number of hydrogen-bond donors (Lipinski definition) is 0. The molecule has 1 aliphatic heterocycles. The number of allylic oxidation sites excluding steroid dienone is 1. The standard InChI is InChI=1S/C22H20F3N5O2/c1-2-10-30-18-17(8-5-9-26-18)27-19(21(30)32)28-11-13-29(14-12-28)20(31)15-6-3-4-7-16(15)22(23,24)25/h2-9H,1,10-14H2. The van der Waals surface area contributed by atoms with Gasteiger partial charge < -0.3 is 9.80 Å². The number of piperazine rings is 1. The molecular weight excluding hydrogens is 423 g/mol. The van der Waals surface area contributed by atoms with Gasteiger partial charge in [0.2, 0.25) is 0 Å². The fraction of sp³-hybridized carbons (Fsp3) is 0.273. The molecule has 3 aromatic rings. The lowest BCUT2D eigenvalue weighted by Gasteiger charge is -2.35. The fourth-order valence-corrected chi connectivity index (χ4v) is 3.78. The zero-order valence-electron chi connectivity index (χ0n) is 17.0. The van der Waals surface area contributed by atoms with E-state index >= 15 is 0 Å². The number of carbonyl (C=O) groups excluding carboxylic acids is 1. The van der Waals surface area contributed by atoms with Crippen LogP contribution in [-0.4, -0.2) is 51.5 Å². The van der Waals surface area contributed by atoms with Crippen LogP contribution in [0.25, 0.3) is 11.2 Å². The number of anilines is 1. The molecule has 0 unspecified atom stereocenters. The van der Waals surface area contributed by atoms with E-state index in [2.05, 4.69) is 16.5 Å². The zero-order valence-corrected chi connectivity index (χ0v) is 17.0. The van der Waals surface area contributed by atoms with Crippen LogP contribution < -0.4 is 10.5 Å². The highest BCUT2D eigenvalue weighted by molar-refractivity contribution is 5.96. The van der Waals surface area contributed by atoms with E-state index < -0.39 is 17.6 Å². The topological polar surface area (TPSA) is 71.3 Å². The normalized spacial score (nSPS) is 14.6. The molecule has 2 aromatic heterocycles. The molecule has 1 aliphatic rings. The van der Waals surface area contributed by atoms with Gasteiger partial charge in [-0.3, -0.25) is 14.2 Å². The molecule has 0 aliphatic carbocycles. The van der Waals surface area contributed by atoms with Gasteiger partial charge in [-0.2, -0.15) is 13.2 Å². The van der Waals surface area contributed by atoms with Gasteiger partial charge in [-0.1, -0.05) is 18.2 Å². The minimum atomic E-state index is -4.62. The van der Waals surface area contributed by atoms with E-state index in [1.54, 1.807) is 29.3 Å². The highest BCUT2D eigenvalue weighted by Crippen LogP contribution is 2.32. The van der Waals surface area contributed by atoms with Crippen LogP contribution in [0.3, 0.4) is 0 Å². The van der Waals surface area contributed by atoms with Crippen LogP contribution in [0.2, 0.25) is 0 Å². The summed E-state index contributed by atoms with van der Waals surface area (Å²) < 4.78 is 41.4. The van der Waals surface area contributed by atoms with Gasteiger partial charge in [0.15, 0.2) is 11.5 Å². The average Bonchev–Trinajstić information content (AvgIpc) is 2.80. The number of rotatable bonds is 4. The first-order valence-electron chi connectivity index (χ1n) is 9.98. The number of nitrogens with zero attached hydrogens (tertiary/aromatic N) is 5. The Bertz CT molecular complexity index is 1230. The summed E-state index contributed by atoms with van der Waals surface area (Å²) in [4.78, 5) is 37.6. The molecule has 4 rings (SSSR count). The Kier molecular flexibility index (Phi) is 5.68. The van der Waals surface area contributed by atoms with Crippen molar-refractivity contribution in [3.8, 4) is 0 Å². The number of hydrogen-bond acceptors (Lipinski definition) is 5. The lowest BCUT2D eigenvalue weighted by atomic mass is 10.1. The second kappa shape index (κ2) is 8.45. The third kappa shape index (κ3) is 3.95. The second-order valence-corrected chi connectivity index (χ2v) is 7.31. The van der Waals surface area contributed by atoms with Crippen molar-refractivity contribution in [2.24, 2.45) is 0 Å². The van der Waals surface area contributed by atoms with Crippen molar-refractivity contribution in [1.29, 1.82) is 0 Å². The third-order valence-electron chi connectivity index (χ3n) is 5.33. The summed E-state index contributed by atoms with van der Waals surface area (Å²) in [5.41, 5.74) is -0.682. The molecule has 0 N–H and O–H groups in total. The quantitative estimate of drug-likeness (QED) is 0.580. The number of fused-ring (bicyclic) bond motifs is 1. The molecule has 0 saturated carbocycles. The Balaban J connectivity index is 1.58. The average molecular weight is 443 g/mol. The van der Waals surface area contributed by atoms with Gasteiger partial charge in [0.25, 0.3) is 11.5 Å². The minimum absolute atomic E-state index is 0.165. The Morgan fingerprint density at radius 2 is 1.81 bits per heavy atom. The maximum absolute atomic E-state index is 13.3. The number of amides is 1. The van der Waals surface area contributed by atoms with Crippen LogP contribution in [0.4, 0.5) is 19.0 Å². The van der Waals surface area contributed by atoms with Crippen molar-refractivity contribution in [3.63, 3.8) is 0 Å². The first-order chi connectivity index (χ1) is 15.3. The number of aromatic nitrogens is 3. The maximum atomic E-state index is 13.3. The first-order valence-corrected chi connectivity index (χ1v) is 9.98. The largest absolute Gasteiger partial charge is 0.417 e. The van der Waals surface area contributed by atoms with Crippen LogP contribution in [0.15, 0.2) is 60.0 Å². The SMILES string of the molecule is C=CCn1c(=O)c(N2CCN(C(=O)c3ccccc3C(F)(F)F)CC2)nc2cccnc21. The van der Waals surface area contributed by atoms with Gasteiger partial charge in [0.1, 0.15) is 5.52 Å². The van der Waals surface area contributed by atoms with Crippen molar-refractivity contribution in [2.45, 2.75) is 12.7 Å². The number of carbonyl (C=O) groups is 1. The third-order valence-corrected chi connectivity index (χ3v) is 5.33. The molecule has 3 heterocycles. The molecule has 32 heavy (non-hydrogen) atoms. The molecule has 1 fully saturated rings. The summed E-state index contributed by atoms with van der Waals surface area (Å²) >= 11 is 0. The van der Waals surface area contributed by atoms with Gasteiger partial charge in [-0.05, 0) is 24.3 Å². The molecule has 0 radical (unpaired) electrons. The monoisotopic (exact) mass is 443 g/mol. The van der Waals surface area contributed by atoms with Crippen LogP contribution in [-0.2, 0) is 12.7 Å². The zero-order chi connectivity index (χ0) is 22.9. The lowest BCUT2D eigenvalue weighted by Crippen LogP contribution is -2.51. The van der Waals surface area contributed by atoms with Crippen molar-refractivity contribution < 1.29 is 18.0 Å². The molecular formula is C22H20F3N5O2. The van der Waals surface area contributed by atoms with Crippen LogP contribution in [0.5, 0.6) is 0 Å². The highest BCUT2D eigenvalue weighted by Gasteiger charge is 2.36. The fourth-order valence-electron chi connectivity index (χ4n) is 3.78. The van der Waals surface area contributed by atoms with Gasteiger partial charge in [0, 0.05) is 38.9 Å². The predicted octanol–water partition coefficient (Wildman–Crippen LogP) is 2.96. The highest BCUT2D eigenvalue weighted by atomic mass is 19.4. The Hall–Kier alpha value is -3.69. The van der Waals surface area contributed by atoms with Crippen molar-refractivity contribution in [2.75, 3.05) is 31.1 Å². The molecule has 7 nitrogen and oxygen atoms in total. The van der Waals surface area contributed by atoms with E-state index in [1.807, 2.05) is 0 Å². The second-order valence-electron chi connectivity index (χ2n) is 7.31. The number of alkyl halides is 3. The number of benzene rings is 1. The molecule has 0 spiro atoms. The van der Waals surface area contributed by atoms with Gasteiger partial charge >= 0.3 is 6.18 Å². The lowest BCUT2D eigenvalue weighted by molar-refractivity contribution is -0.138. The summed E-state index contributed by atoms with van der Waals surface area (Å²) in [5.74, 6) is -0.465. The first kappa shape index (κ1) is 21.5. The predicted molar refractivity (Wildman–Crippen MR) is 114 cm³/mol. The molecule has 166 valence electrons. The van der Waals surface area contributed by atoms with E-state index in [0.717, 1.165) is 6.07 Å². The van der Waals surface area contributed by atoms with Crippen molar-refractivity contribution in [1.82, 2.24) is 19.4 Å². The van der Waals surface area contributed by atoms with E-state index in [1.165, 1.54) is 27.7 Å². The molecule has 10 heteroatoms. The van der Waals surface area contributed by atoms with Gasteiger partial charge in [-0.25, -0.2) is 9.97 Å². The molecule has 1 aromatic carbocycles. The van der Waals surface area contributed by atoms with Crippen LogP contribution in [0.1, 0.15) is 15.9 Å². The minimum Gasteiger partial charge on any atom is -0.348 e. The summed E-state index contributed by atoms with van der Waals surface area (Å²) in [6.07, 6.45) is -1.45. The Morgan fingerprint density at radius 3 is 2.50 bits per heavy atom. The van der Waals surface area contributed by atoms with E-state index in [0.29, 0.717) is 11.2 Å². The van der Waals surface area contributed by atoms with Crippen molar-refractivity contribution in [3.05, 3.63) is 76.7 Å². The molecule has 0 atom stereocenters. The summed E-state index contributed by atoms with van der Waals surface area (Å²) in [5, 5.41) is 0. The summed E-state index contributed by atoms with van der Waals surface area (Å²) in [7, 11) is 0. The summed E-state index contributed by atoms with van der Waals surface area (Å²) in [6.45, 7) is 4.80. The van der Waals surface area contributed by atoms with E-state index in [-0.39, 0.29) is 49.7 Å². The van der Waals surface area contributed by atoms with E-state index in [9.17, 15) is 22.8 Å². The smallest absolute Gasteiger partial charge is 0.348 e. The van der Waals surface area contributed by atoms with Gasteiger partial charge in [0.05, 0.1) is 11.1 Å². The molecule has 1 saturated heterocycles. The molecule has 0 bridgehead atoms. The van der Waals surface area contributed by atoms with E-state index in [4.69, 9.17) is 0 Å². The summed E-state index contributed by atoms with van der Waals surface area (Å²) in [6, 6.07) is 8.22. The Morgan fingerprint density at radius 1 is 1.09 bits per heavy atom.